The first-order valence-corrected chi connectivity index (χ1v) is 6.00. The van der Waals surface area contributed by atoms with Gasteiger partial charge in [0.1, 0.15) is 34.8 Å². The lowest BCUT2D eigenvalue weighted by Crippen LogP contribution is -2.36. The van der Waals surface area contributed by atoms with Gasteiger partial charge in [0, 0.05) is 23.8 Å². The van der Waals surface area contributed by atoms with Crippen LogP contribution in [0.15, 0.2) is 18.2 Å². The summed E-state index contributed by atoms with van der Waals surface area (Å²) in [6, 6.07) is 2.02. The summed E-state index contributed by atoms with van der Waals surface area (Å²) < 4.78 is 72.5. The molecule has 0 unspecified atom stereocenters. The average Bonchev–Trinajstić information content (AvgIpc) is 2.42. The molecule has 0 heterocycles. The van der Waals surface area contributed by atoms with Gasteiger partial charge >= 0.3 is 0 Å². The van der Waals surface area contributed by atoms with Gasteiger partial charge in [-0.05, 0) is 17.8 Å². The molecule has 0 N–H and O–H groups in total. The van der Waals surface area contributed by atoms with E-state index in [4.69, 9.17) is 4.74 Å². The highest BCUT2D eigenvalue weighted by atomic mass is 19.2. The Labute approximate surface area is 118 Å². The topological polar surface area (TPSA) is 9.23 Å². The van der Waals surface area contributed by atoms with Crippen molar-refractivity contribution in [1.29, 1.82) is 0 Å². The third-order valence-corrected chi connectivity index (χ3v) is 3.19. The van der Waals surface area contributed by atoms with Gasteiger partial charge in [0.2, 0.25) is 7.28 Å². The van der Waals surface area contributed by atoms with Crippen LogP contribution < -0.4 is 15.7 Å². The Morgan fingerprint density at radius 3 is 2.10 bits per heavy atom. The van der Waals surface area contributed by atoms with Crippen molar-refractivity contribution in [2.75, 3.05) is 7.11 Å². The molecule has 2 rings (SSSR count). The van der Waals surface area contributed by atoms with Crippen molar-refractivity contribution in [2.24, 2.45) is 0 Å². The van der Waals surface area contributed by atoms with Crippen LogP contribution in [0.1, 0.15) is 5.56 Å². The third-order valence-electron chi connectivity index (χ3n) is 3.19. The molecular formula is C14H10BF5O. The van der Waals surface area contributed by atoms with E-state index in [0.717, 1.165) is 13.0 Å². The molecule has 0 fully saturated rings. The second-order valence-corrected chi connectivity index (χ2v) is 4.50. The van der Waals surface area contributed by atoms with E-state index in [0.29, 0.717) is 12.1 Å². The van der Waals surface area contributed by atoms with Crippen LogP contribution in [0.2, 0.25) is 0 Å². The summed E-state index contributed by atoms with van der Waals surface area (Å²) in [5, 5.41) is 0. The summed E-state index contributed by atoms with van der Waals surface area (Å²) in [6.07, 6.45) is 0. The molecule has 7 heteroatoms. The number of ether oxygens (including phenoxy) is 1. The van der Waals surface area contributed by atoms with E-state index >= 15 is 0 Å². The zero-order chi connectivity index (χ0) is 15.7. The van der Waals surface area contributed by atoms with Crippen molar-refractivity contribution in [2.45, 2.75) is 6.92 Å². The summed E-state index contributed by atoms with van der Waals surface area (Å²) in [6.45, 7) is 1.14. The van der Waals surface area contributed by atoms with Gasteiger partial charge in [-0.3, -0.25) is 0 Å². The molecule has 2 aromatic carbocycles. The number of benzene rings is 2. The normalized spacial score (nSPS) is 10.6. The average molecular weight is 300 g/mol. The van der Waals surface area contributed by atoms with Gasteiger partial charge in [-0.25, -0.2) is 22.0 Å². The molecule has 0 saturated carbocycles. The van der Waals surface area contributed by atoms with Crippen molar-refractivity contribution >= 4 is 18.2 Å². The maximum absolute atomic E-state index is 13.9. The molecule has 1 nitrogen and oxygen atoms in total. The van der Waals surface area contributed by atoms with E-state index in [-0.39, 0.29) is 16.8 Å². The van der Waals surface area contributed by atoms with Gasteiger partial charge in [-0.1, -0.05) is 0 Å². The molecule has 0 spiro atoms. The Morgan fingerprint density at radius 1 is 0.857 bits per heavy atom. The summed E-state index contributed by atoms with van der Waals surface area (Å²) in [4.78, 5) is 0. The largest absolute Gasteiger partial charge is 0.497 e. The molecule has 0 aromatic heterocycles. The maximum Gasteiger partial charge on any atom is 0.208 e. The number of methoxy groups -OCH3 is 1. The first-order valence-electron chi connectivity index (χ1n) is 6.00. The molecule has 0 amide bonds. The lowest BCUT2D eigenvalue weighted by atomic mass is 9.62. The minimum atomic E-state index is -1.14. The van der Waals surface area contributed by atoms with Crippen LogP contribution >= 0.6 is 0 Å². The van der Waals surface area contributed by atoms with Gasteiger partial charge in [0.15, 0.2) is 0 Å². The fourth-order valence-electron chi connectivity index (χ4n) is 2.02. The standard InChI is InChI=1S/C14H10BF5O/c1-6-8(17)5-10(19)13(14(6)20)15-12-9(18)3-7(16)4-11(12)21-2/h3-5,15H,1-2H3. The second-order valence-electron chi connectivity index (χ2n) is 4.50. The van der Waals surface area contributed by atoms with E-state index < -0.39 is 41.8 Å². The maximum atomic E-state index is 13.9. The zero-order valence-electron chi connectivity index (χ0n) is 11.2. The Hall–Kier alpha value is -2.05. The van der Waals surface area contributed by atoms with Crippen LogP contribution in [0.4, 0.5) is 22.0 Å². The van der Waals surface area contributed by atoms with Crippen LogP contribution in [0.25, 0.3) is 0 Å². The number of hydrogen-bond donors (Lipinski definition) is 0. The van der Waals surface area contributed by atoms with Crippen molar-refractivity contribution < 1.29 is 26.7 Å². The van der Waals surface area contributed by atoms with Gasteiger partial charge in [0.25, 0.3) is 0 Å². The highest BCUT2D eigenvalue weighted by Crippen LogP contribution is 2.15. The minimum absolute atomic E-state index is 0.173. The van der Waals surface area contributed by atoms with Crippen molar-refractivity contribution in [1.82, 2.24) is 0 Å². The molecule has 21 heavy (non-hydrogen) atoms. The van der Waals surface area contributed by atoms with Crippen molar-refractivity contribution in [3.8, 4) is 5.75 Å². The van der Waals surface area contributed by atoms with Gasteiger partial charge in [-0.2, -0.15) is 0 Å². The Morgan fingerprint density at radius 2 is 1.48 bits per heavy atom. The molecule has 0 bridgehead atoms. The Bertz CT molecular complexity index is 702. The van der Waals surface area contributed by atoms with E-state index in [1.54, 1.807) is 0 Å². The molecule has 0 aliphatic heterocycles. The highest BCUT2D eigenvalue weighted by molar-refractivity contribution is 6.68. The van der Waals surface area contributed by atoms with E-state index in [2.05, 4.69) is 0 Å². The lowest BCUT2D eigenvalue weighted by molar-refractivity contribution is 0.411. The van der Waals surface area contributed by atoms with Crippen LogP contribution in [0.5, 0.6) is 5.75 Å². The predicted octanol–water partition coefficient (Wildman–Crippen LogP) is 2.09. The van der Waals surface area contributed by atoms with Crippen LogP contribution in [-0.4, -0.2) is 14.4 Å². The van der Waals surface area contributed by atoms with Crippen molar-refractivity contribution in [3.63, 3.8) is 0 Å². The third kappa shape index (κ3) is 2.86. The molecule has 0 radical (unpaired) electrons. The molecule has 0 saturated heterocycles. The van der Waals surface area contributed by atoms with E-state index in [9.17, 15) is 22.0 Å². The Balaban J connectivity index is 2.56. The zero-order valence-corrected chi connectivity index (χ0v) is 11.2. The number of rotatable bonds is 3. The SMILES string of the molecule is COc1cc(F)cc(F)c1Bc1c(F)cc(F)c(C)c1F. The quantitative estimate of drug-likeness (QED) is 0.623. The molecule has 0 aliphatic rings. The lowest BCUT2D eigenvalue weighted by Gasteiger charge is -2.12. The Kier molecular flexibility index (Phi) is 4.20. The summed E-state index contributed by atoms with van der Waals surface area (Å²) >= 11 is 0. The summed E-state index contributed by atoms with van der Waals surface area (Å²) in [7, 11) is 0.661. The molecule has 0 aliphatic carbocycles. The highest BCUT2D eigenvalue weighted by Gasteiger charge is 2.21. The minimum Gasteiger partial charge on any atom is -0.497 e. The van der Waals surface area contributed by atoms with E-state index in [1.165, 1.54) is 7.11 Å². The van der Waals surface area contributed by atoms with Gasteiger partial charge in [-0.15, -0.1) is 0 Å². The molecule has 2 aromatic rings. The van der Waals surface area contributed by atoms with Gasteiger partial charge in [0.05, 0.1) is 7.11 Å². The fourth-order valence-corrected chi connectivity index (χ4v) is 2.02. The first kappa shape index (κ1) is 15.3. The van der Waals surface area contributed by atoms with Crippen LogP contribution in [-0.2, 0) is 0 Å². The molecular weight excluding hydrogens is 290 g/mol. The summed E-state index contributed by atoms with van der Waals surface area (Å²) in [5.41, 5.74) is -1.08. The second kappa shape index (κ2) is 5.75. The number of hydrogen-bond acceptors (Lipinski definition) is 1. The molecule has 0 atom stereocenters. The summed E-state index contributed by atoms with van der Waals surface area (Å²) in [5.74, 6) is -5.30. The smallest absolute Gasteiger partial charge is 0.208 e. The van der Waals surface area contributed by atoms with Crippen LogP contribution in [0.3, 0.4) is 0 Å². The van der Waals surface area contributed by atoms with Crippen molar-refractivity contribution in [3.05, 3.63) is 52.8 Å². The molecule has 110 valence electrons. The predicted molar refractivity (Wildman–Crippen MR) is 70.4 cm³/mol. The fraction of sp³-hybridized carbons (Fsp3) is 0.143. The first-order chi connectivity index (χ1) is 9.85. The number of halogens is 5. The van der Waals surface area contributed by atoms with E-state index in [1.807, 2.05) is 0 Å². The van der Waals surface area contributed by atoms with Crippen LogP contribution in [0, 0.1) is 36.0 Å². The monoisotopic (exact) mass is 300 g/mol. The van der Waals surface area contributed by atoms with Gasteiger partial charge < -0.3 is 4.74 Å².